The van der Waals surface area contributed by atoms with Crippen molar-refractivity contribution in [3.8, 4) is 5.69 Å². The first kappa shape index (κ1) is 13.1. The van der Waals surface area contributed by atoms with Crippen molar-refractivity contribution < 1.29 is 4.79 Å². The number of rotatable bonds is 4. The van der Waals surface area contributed by atoms with Gasteiger partial charge in [-0.1, -0.05) is 25.1 Å². The number of anilines is 1. The topological polar surface area (TPSA) is 75.6 Å². The number of benzene rings is 1. The number of para-hydroxylation sites is 1. The van der Waals surface area contributed by atoms with E-state index in [1.54, 1.807) is 23.3 Å². The molecule has 0 radical (unpaired) electrons. The number of H-pyrrole nitrogens is 1. The Morgan fingerprint density at radius 1 is 1.29 bits per heavy atom. The van der Waals surface area contributed by atoms with E-state index in [9.17, 15) is 4.79 Å². The number of nitrogens with one attached hydrogen (secondary N) is 2. The van der Waals surface area contributed by atoms with Crippen molar-refractivity contribution in [3.63, 3.8) is 0 Å². The van der Waals surface area contributed by atoms with Gasteiger partial charge in [-0.05, 0) is 18.6 Å². The zero-order valence-electron chi connectivity index (χ0n) is 11.6. The van der Waals surface area contributed by atoms with Crippen LogP contribution in [0.5, 0.6) is 0 Å². The second-order valence-corrected chi connectivity index (χ2v) is 4.59. The second kappa shape index (κ2) is 5.62. The molecule has 0 aliphatic heterocycles. The third-order valence-corrected chi connectivity index (χ3v) is 3.20. The smallest absolute Gasteiger partial charge is 0.260 e. The molecular weight excluding hydrogens is 266 g/mol. The minimum atomic E-state index is -0.212. The molecular formula is C15H15N5O. The molecule has 0 aliphatic rings. The summed E-state index contributed by atoms with van der Waals surface area (Å²) in [6.45, 7) is 2.01. The molecule has 2 aromatic heterocycles. The van der Waals surface area contributed by atoms with Crippen LogP contribution < -0.4 is 5.32 Å². The van der Waals surface area contributed by atoms with Crippen LogP contribution in [0.3, 0.4) is 0 Å². The van der Waals surface area contributed by atoms with E-state index >= 15 is 0 Å². The molecule has 0 atom stereocenters. The summed E-state index contributed by atoms with van der Waals surface area (Å²) in [6.07, 6.45) is 5.76. The van der Waals surface area contributed by atoms with Crippen LogP contribution in [-0.4, -0.2) is 25.9 Å². The number of aromatic nitrogens is 4. The van der Waals surface area contributed by atoms with Crippen LogP contribution in [0.1, 0.15) is 22.8 Å². The van der Waals surface area contributed by atoms with Gasteiger partial charge in [0.1, 0.15) is 5.82 Å². The molecule has 3 rings (SSSR count). The summed E-state index contributed by atoms with van der Waals surface area (Å²) in [5, 5.41) is 13.7. The van der Waals surface area contributed by atoms with Crippen LogP contribution >= 0.6 is 0 Å². The molecule has 106 valence electrons. The van der Waals surface area contributed by atoms with Crippen molar-refractivity contribution in [2.45, 2.75) is 13.3 Å². The minimum Gasteiger partial charge on any atom is -0.307 e. The maximum absolute atomic E-state index is 12.2. The molecule has 1 aromatic carbocycles. The SMILES string of the molecule is CCc1cn[nH]c1NC(=O)c1cnn(-c2ccccc2)c1. The van der Waals surface area contributed by atoms with Crippen molar-refractivity contribution in [2.24, 2.45) is 0 Å². The predicted molar refractivity (Wildman–Crippen MR) is 79.5 cm³/mol. The van der Waals surface area contributed by atoms with E-state index < -0.39 is 0 Å². The van der Waals surface area contributed by atoms with Gasteiger partial charge < -0.3 is 5.32 Å². The van der Waals surface area contributed by atoms with Gasteiger partial charge in [-0.2, -0.15) is 10.2 Å². The predicted octanol–water partition coefficient (Wildman–Crippen LogP) is 2.41. The normalized spacial score (nSPS) is 10.5. The van der Waals surface area contributed by atoms with Gasteiger partial charge in [0.05, 0.1) is 23.6 Å². The highest BCUT2D eigenvalue weighted by atomic mass is 16.1. The molecule has 0 unspecified atom stereocenters. The third-order valence-electron chi connectivity index (χ3n) is 3.20. The monoisotopic (exact) mass is 281 g/mol. The summed E-state index contributed by atoms with van der Waals surface area (Å²) in [5.74, 6) is 0.422. The number of aromatic amines is 1. The standard InChI is InChI=1S/C15H15N5O/c1-2-11-8-16-19-14(11)18-15(21)12-9-17-20(10-12)13-6-4-3-5-7-13/h3-10H,2H2,1H3,(H2,16,18,19,21). The number of amides is 1. The molecule has 0 saturated heterocycles. The van der Waals surface area contributed by atoms with E-state index in [1.807, 2.05) is 37.3 Å². The van der Waals surface area contributed by atoms with Gasteiger partial charge in [0.25, 0.3) is 5.91 Å². The molecule has 1 amide bonds. The zero-order chi connectivity index (χ0) is 14.7. The summed E-state index contributed by atoms with van der Waals surface area (Å²) in [6, 6.07) is 9.65. The Morgan fingerprint density at radius 3 is 2.86 bits per heavy atom. The van der Waals surface area contributed by atoms with E-state index in [0.717, 1.165) is 17.7 Å². The summed E-state index contributed by atoms with van der Waals surface area (Å²) in [5.41, 5.74) is 2.38. The Morgan fingerprint density at radius 2 is 2.10 bits per heavy atom. The Balaban J connectivity index is 1.79. The first-order valence-corrected chi connectivity index (χ1v) is 6.71. The quantitative estimate of drug-likeness (QED) is 0.771. The van der Waals surface area contributed by atoms with Gasteiger partial charge in [0.2, 0.25) is 0 Å². The van der Waals surface area contributed by atoms with Crippen LogP contribution in [0, 0.1) is 0 Å². The molecule has 3 aromatic rings. The summed E-state index contributed by atoms with van der Waals surface area (Å²) in [4.78, 5) is 12.2. The lowest BCUT2D eigenvalue weighted by Crippen LogP contribution is -2.12. The van der Waals surface area contributed by atoms with Crippen molar-refractivity contribution in [3.05, 3.63) is 60.0 Å². The van der Waals surface area contributed by atoms with E-state index in [4.69, 9.17) is 0 Å². The number of aryl methyl sites for hydroxylation is 1. The molecule has 0 aliphatic carbocycles. The average molecular weight is 281 g/mol. The van der Waals surface area contributed by atoms with Crippen LogP contribution in [0.15, 0.2) is 48.9 Å². The number of hydrogen-bond acceptors (Lipinski definition) is 3. The molecule has 0 fully saturated rings. The molecule has 6 heteroatoms. The van der Waals surface area contributed by atoms with Crippen molar-refractivity contribution in [1.82, 2.24) is 20.0 Å². The van der Waals surface area contributed by atoms with Gasteiger partial charge >= 0.3 is 0 Å². The van der Waals surface area contributed by atoms with E-state index in [-0.39, 0.29) is 5.91 Å². The van der Waals surface area contributed by atoms with Crippen LogP contribution in [0.2, 0.25) is 0 Å². The van der Waals surface area contributed by atoms with Crippen molar-refractivity contribution in [1.29, 1.82) is 0 Å². The van der Waals surface area contributed by atoms with E-state index in [0.29, 0.717) is 11.4 Å². The third kappa shape index (κ3) is 2.69. The van der Waals surface area contributed by atoms with Gasteiger partial charge in [-0.3, -0.25) is 9.89 Å². The van der Waals surface area contributed by atoms with Gasteiger partial charge in [0.15, 0.2) is 0 Å². The lowest BCUT2D eigenvalue weighted by Gasteiger charge is -2.02. The van der Waals surface area contributed by atoms with Crippen LogP contribution in [-0.2, 0) is 6.42 Å². The van der Waals surface area contributed by atoms with Gasteiger partial charge in [-0.25, -0.2) is 4.68 Å². The molecule has 6 nitrogen and oxygen atoms in total. The lowest BCUT2D eigenvalue weighted by molar-refractivity contribution is 0.102. The van der Waals surface area contributed by atoms with Gasteiger partial charge in [0, 0.05) is 11.8 Å². The largest absolute Gasteiger partial charge is 0.307 e. The number of carbonyl (C=O) groups excluding carboxylic acids is 1. The molecule has 0 spiro atoms. The number of hydrogen-bond donors (Lipinski definition) is 2. The Kier molecular flexibility index (Phi) is 3.51. The van der Waals surface area contributed by atoms with E-state index in [1.165, 1.54) is 0 Å². The fourth-order valence-electron chi connectivity index (χ4n) is 2.04. The van der Waals surface area contributed by atoms with Gasteiger partial charge in [-0.15, -0.1) is 0 Å². The fraction of sp³-hybridized carbons (Fsp3) is 0.133. The minimum absolute atomic E-state index is 0.212. The highest BCUT2D eigenvalue weighted by Crippen LogP contribution is 2.13. The molecule has 0 saturated carbocycles. The highest BCUT2D eigenvalue weighted by molar-refractivity contribution is 6.03. The highest BCUT2D eigenvalue weighted by Gasteiger charge is 2.12. The lowest BCUT2D eigenvalue weighted by atomic mass is 10.2. The Labute approximate surface area is 121 Å². The summed E-state index contributed by atoms with van der Waals surface area (Å²) < 4.78 is 1.67. The summed E-state index contributed by atoms with van der Waals surface area (Å²) >= 11 is 0. The van der Waals surface area contributed by atoms with Crippen LogP contribution in [0.25, 0.3) is 5.69 Å². The van der Waals surface area contributed by atoms with Crippen molar-refractivity contribution >= 4 is 11.7 Å². The molecule has 2 heterocycles. The zero-order valence-corrected chi connectivity index (χ0v) is 11.6. The first-order valence-electron chi connectivity index (χ1n) is 6.71. The maximum atomic E-state index is 12.2. The molecule has 21 heavy (non-hydrogen) atoms. The molecule has 0 bridgehead atoms. The Hall–Kier alpha value is -2.89. The molecule has 2 N–H and O–H groups in total. The van der Waals surface area contributed by atoms with Crippen LogP contribution in [0.4, 0.5) is 5.82 Å². The first-order chi connectivity index (χ1) is 10.3. The second-order valence-electron chi connectivity index (χ2n) is 4.59. The maximum Gasteiger partial charge on any atom is 0.260 e. The number of carbonyl (C=O) groups is 1. The fourth-order valence-corrected chi connectivity index (χ4v) is 2.04. The average Bonchev–Trinajstić information content (AvgIpc) is 3.17. The number of nitrogens with zero attached hydrogens (tertiary/aromatic N) is 3. The van der Waals surface area contributed by atoms with E-state index in [2.05, 4.69) is 20.6 Å². The van der Waals surface area contributed by atoms with Crippen molar-refractivity contribution in [2.75, 3.05) is 5.32 Å². The Bertz CT molecular complexity index is 744. The summed E-state index contributed by atoms with van der Waals surface area (Å²) in [7, 11) is 0.